The van der Waals surface area contributed by atoms with Gasteiger partial charge in [0.15, 0.2) is 9.84 Å². The first-order valence-electron chi connectivity index (χ1n) is 9.69. The van der Waals surface area contributed by atoms with Gasteiger partial charge in [0, 0.05) is 17.8 Å². The van der Waals surface area contributed by atoms with Gasteiger partial charge < -0.3 is 10.2 Å². The summed E-state index contributed by atoms with van der Waals surface area (Å²) < 4.78 is 23.9. The minimum absolute atomic E-state index is 0.0293. The molecule has 2 fully saturated rings. The van der Waals surface area contributed by atoms with Crippen molar-refractivity contribution in [1.29, 1.82) is 0 Å². The number of nitrogens with one attached hydrogen (secondary N) is 1. The third-order valence-electron chi connectivity index (χ3n) is 5.76. The molecule has 1 N–H and O–H groups in total. The van der Waals surface area contributed by atoms with Crippen molar-refractivity contribution in [2.75, 3.05) is 23.4 Å². The number of hydrogen-bond donors (Lipinski definition) is 1. The van der Waals surface area contributed by atoms with Crippen molar-refractivity contribution in [2.24, 2.45) is 0 Å². The monoisotopic (exact) mass is 378 g/mol. The van der Waals surface area contributed by atoms with Crippen molar-refractivity contribution in [3.63, 3.8) is 0 Å². The Labute approximate surface area is 157 Å². The Kier molecular flexibility index (Phi) is 5.90. The summed E-state index contributed by atoms with van der Waals surface area (Å²) in [4.78, 5) is 15.0. The highest BCUT2D eigenvalue weighted by atomic mass is 32.2. The van der Waals surface area contributed by atoms with Crippen LogP contribution in [0.3, 0.4) is 0 Å². The van der Waals surface area contributed by atoms with E-state index < -0.39 is 9.84 Å². The zero-order chi connectivity index (χ0) is 18.7. The van der Waals surface area contributed by atoms with Crippen LogP contribution in [0.15, 0.2) is 18.2 Å². The quantitative estimate of drug-likeness (QED) is 0.855. The van der Waals surface area contributed by atoms with Crippen molar-refractivity contribution < 1.29 is 13.2 Å². The summed E-state index contributed by atoms with van der Waals surface area (Å²) in [5.74, 6) is 0.360. The number of carbonyl (C=O) groups excluding carboxylic acids is 1. The Hall–Kier alpha value is -1.56. The van der Waals surface area contributed by atoms with E-state index in [0.29, 0.717) is 6.42 Å². The summed E-state index contributed by atoms with van der Waals surface area (Å²) in [6.07, 6.45) is 6.02. The van der Waals surface area contributed by atoms with Gasteiger partial charge in [0.25, 0.3) is 0 Å². The molecule has 1 aliphatic carbocycles. The molecule has 1 unspecified atom stereocenters. The fourth-order valence-electron chi connectivity index (χ4n) is 4.41. The van der Waals surface area contributed by atoms with Crippen LogP contribution in [-0.2, 0) is 14.6 Å². The second kappa shape index (κ2) is 7.99. The minimum atomic E-state index is -3.01. The van der Waals surface area contributed by atoms with Crippen LogP contribution in [0.4, 0.5) is 5.69 Å². The lowest BCUT2D eigenvalue weighted by Crippen LogP contribution is -2.50. The van der Waals surface area contributed by atoms with Crippen molar-refractivity contribution in [3.8, 4) is 0 Å². The van der Waals surface area contributed by atoms with Gasteiger partial charge in [-0.25, -0.2) is 8.42 Å². The molecule has 1 amide bonds. The van der Waals surface area contributed by atoms with Crippen LogP contribution >= 0.6 is 0 Å². The second-order valence-corrected chi connectivity index (χ2v) is 10.00. The summed E-state index contributed by atoms with van der Waals surface area (Å²) in [5.41, 5.74) is 3.24. The molecule has 144 valence electrons. The maximum Gasteiger partial charge on any atom is 0.242 e. The van der Waals surface area contributed by atoms with E-state index in [1.54, 1.807) is 0 Å². The van der Waals surface area contributed by atoms with E-state index in [1.165, 1.54) is 6.42 Å². The highest BCUT2D eigenvalue weighted by Gasteiger charge is 2.38. The fraction of sp³-hybridized carbons (Fsp3) is 0.650. The van der Waals surface area contributed by atoms with Crippen LogP contribution in [-0.4, -0.2) is 49.4 Å². The van der Waals surface area contributed by atoms with Gasteiger partial charge >= 0.3 is 0 Å². The summed E-state index contributed by atoms with van der Waals surface area (Å²) in [6.45, 7) is 4.28. The SMILES string of the molecule is Cc1cccc(C)c1NCC(=O)N(C1CCCCC1)C1CCS(=O)(=O)C1. The molecule has 3 rings (SSSR count). The van der Waals surface area contributed by atoms with E-state index in [4.69, 9.17) is 0 Å². The fourth-order valence-corrected chi connectivity index (χ4v) is 6.12. The molecule has 1 saturated carbocycles. The molecule has 1 aliphatic heterocycles. The molecule has 26 heavy (non-hydrogen) atoms. The number of sulfone groups is 1. The van der Waals surface area contributed by atoms with E-state index in [1.807, 2.05) is 36.9 Å². The number of benzene rings is 1. The summed E-state index contributed by atoms with van der Waals surface area (Å²) >= 11 is 0. The number of aryl methyl sites for hydroxylation is 2. The summed E-state index contributed by atoms with van der Waals surface area (Å²) in [5, 5.41) is 3.30. The van der Waals surface area contributed by atoms with Crippen LogP contribution in [0.25, 0.3) is 0 Å². The number of anilines is 1. The first-order chi connectivity index (χ1) is 12.4. The number of nitrogens with zero attached hydrogens (tertiary/aromatic N) is 1. The Morgan fingerprint density at radius 3 is 2.31 bits per heavy atom. The Balaban J connectivity index is 1.74. The lowest BCUT2D eigenvalue weighted by molar-refractivity contribution is -0.134. The average Bonchev–Trinajstić information content (AvgIpc) is 2.95. The van der Waals surface area contributed by atoms with Gasteiger partial charge in [-0.2, -0.15) is 0 Å². The zero-order valence-electron chi connectivity index (χ0n) is 15.8. The van der Waals surface area contributed by atoms with Gasteiger partial charge in [0.05, 0.1) is 18.1 Å². The third kappa shape index (κ3) is 4.40. The molecule has 1 aromatic rings. The number of amides is 1. The molecule has 1 aromatic carbocycles. The standard InChI is InChI=1S/C20H30N2O3S/c1-15-7-6-8-16(2)20(15)21-13-19(23)22(17-9-4-3-5-10-17)18-11-12-26(24,25)14-18/h6-8,17-18,21H,3-5,9-14H2,1-2H3. The predicted octanol–water partition coefficient (Wildman–Crippen LogP) is 3.06. The first kappa shape index (κ1) is 19.2. The van der Waals surface area contributed by atoms with E-state index in [-0.39, 0.29) is 36.0 Å². The number of carbonyl (C=O) groups is 1. The predicted molar refractivity (Wildman–Crippen MR) is 105 cm³/mol. The van der Waals surface area contributed by atoms with Gasteiger partial charge in [-0.15, -0.1) is 0 Å². The molecule has 1 heterocycles. The van der Waals surface area contributed by atoms with E-state index >= 15 is 0 Å². The van der Waals surface area contributed by atoms with Crippen molar-refractivity contribution in [1.82, 2.24) is 4.90 Å². The summed E-state index contributed by atoms with van der Waals surface area (Å²) in [7, 11) is -3.01. The molecule has 5 nitrogen and oxygen atoms in total. The lowest BCUT2D eigenvalue weighted by Gasteiger charge is -2.38. The van der Waals surface area contributed by atoms with Crippen LogP contribution in [0.5, 0.6) is 0 Å². The van der Waals surface area contributed by atoms with Gasteiger partial charge in [-0.1, -0.05) is 37.5 Å². The Bertz CT molecular complexity index is 734. The zero-order valence-corrected chi connectivity index (χ0v) is 16.6. The van der Waals surface area contributed by atoms with E-state index in [2.05, 4.69) is 5.32 Å². The van der Waals surface area contributed by atoms with Gasteiger partial charge in [0.2, 0.25) is 5.91 Å². The molecule has 1 saturated heterocycles. The van der Waals surface area contributed by atoms with Gasteiger partial charge in [-0.3, -0.25) is 4.79 Å². The maximum atomic E-state index is 13.1. The largest absolute Gasteiger partial charge is 0.376 e. The molecule has 0 aromatic heterocycles. The normalized spacial score (nSPS) is 22.9. The van der Waals surface area contributed by atoms with Crippen molar-refractivity contribution >= 4 is 21.4 Å². The molecule has 1 atom stereocenters. The highest BCUT2D eigenvalue weighted by molar-refractivity contribution is 7.91. The number of para-hydroxylation sites is 1. The van der Waals surface area contributed by atoms with Crippen LogP contribution in [0, 0.1) is 13.8 Å². The Morgan fingerprint density at radius 1 is 1.08 bits per heavy atom. The lowest BCUT2D eigenvalue weighted by atomic mass is 9.93. The summed E-state index contributed by atoms with van der Waals surface area (Å²) in [6, 6.07) is 6.10. The molecule has 0 radical (unpaired) electrons. The number of rotatable bonds is 5. The molecular formula is C20H30N2O3S. The van der Waals surface area contributed by atoms with Crippen LogP contribution in [0.2, 0.25) is 0 Å². The topological polar surface area (TPSA) is 66.5 Å². The first-order valence-corrected chi connectivity index (χ1v) is 11.5. The van der Waals surface area contributed by atoms with Crippen molar-refractivity contribution in [3.05, 3.63) is 29.3 Å². The molecule has 0 bridgehead atoms. The van der Waals surface area contributed by atoms with Crippen molar-refractivity contribution in [2.45, 2.75) is 64.5 Å². The minimum Gasteiger partial charge on any atom is -0.376 e. The van der Waals surface area contributed by atoms with E-state index in [9.17, 15) is 13.2 Å². The van der Waals surface area contributed by atoms with E-state index in [0.717, 1.165) is 42.5 Å². The second-order valence-electron chi connectivity index (χ2n) is 7.77. The van der Waals surface area contributed by atoms with Crippen LogP contribution in [0.1, 0.15) is 49.7 Å². The smallest absolute Gasteiger partial charge is 0.242 e. The molecule has 2 aliphatic rings. The van der Waals surface area contributed by atoms with Gasteiger partial charge in [-0.05, 0) is 44.2 Å². The molecule has 0 spiro atoms. The van der Waals surface area contributed by atoms with Crippen LogP contribution < -0.4 is 5.32 Å². The average molecular weight is 379 g/mol. The van der Waals surface area contributed by atoms with Gasteiger partial charge in [0.1, 0.15) is 0 Å². The number of hydrogen-bond acceptors (Lipinski definition) is 4. The Morgan fingerprint density at radius 2 is 1.73 bits per heavy atom. The third-order valence-corrected chi connectivity index (χ3v) is 7.51. The maximum absolute atomic E-state index is 13.1. The molecular weight excluding hydrogens is 348 g/mol. The highest BCUT2D eigenvalue weighted by Crippen LogP contribution is 2.28. The molecule has 6 heteroatoms.